The van der Waals surface area contributed by atoms with E-state index in [0.29, 0.717) is 31.0 Å². The smallest absolute Gasteiger partial charge is 0.242 e. The fourth-order valence-electron chi connectivity index (χ4n) is 2.03. The maximum absolute atomic E-state index is 13.7. The number of rotatable bonds is 2. The summed E-state index contributed by atoms with van der Waals surface area (Å²) in [4.78, 5) is 15.2. The summed E-state index contributed by atoms with van der Waals surface area (Å²) >= 11 is 0. The van der Waals surface area contributed by atoms with Crippen molar-refractivity contribution in [2.75, 3.05) is 36.8 Å². The van der Waals surface area contributed by atoms with Crippen LogP contribution < -0.4 is 10.6 Å². The van der Waals surface area contributed by atoms with Crippen molar-refractivity contribution in [1.29, 1.82) is 0 Å². The summed E-state index contributed by atoms with van der Waals surface area (Å²) in [5.41, 5.74) is 6.34. The van der Waals surface area contributed by atoms with Gasteiger partial charge >= 0.3 is 0 Å². The van der Waals surface area contributed by atoms with Crippen LogP contribution in [0.5, 0.6) is 0 Å². The molecule has 0 saturated carbocycles. The Labute approximate surface area is 99.8 Å². The highest BCUT2D eigenvalue weighted by atomic mass is 19.1. The fourth-order valence-corrected chi connectivity index (χ4v) is 2.03. The molecule has 0 unspecified atom stereocenters. The molecule has 0 spiro atoms. The van der Waals surface area contributed by atoms with Crippen molar-refractivity contribution in [1.82, 2.24) is 4.90 Å². The van der Waals surface area contributed by atoms with Gasteiger partial charge in [-0.25, -0.2) is 4.39 Å². The van der Waals surface area contributed by atoms with Crippen molar-refractivity contribution >= 4 is 17.3 Å². The first kappa shape index (κ1) is 11.7. The zero-order valence-corrected chi connectivity index (χ0v) is 9.82. The van der Waals surface area contributed by atoms with Gasteiger partial charge in [-0.2, -0.15) is 0 Å². The van der Waals surface area contributed by atoms with Gasteiger partial charge in [0.1, 0.15) is 5.82 Å². The van der Waals surface area contributed by atoms with Crippen LogP contribution in [0.15, 0.2) is 18.2 Å². The summed E-state index contributed by atoms with van der Waals surface area (Å²) in [5, 5.41) is 0. The Kier molecular flexibility index (Phi) is 3.17. The second kappa shape index (κ2) is 4.61. The minimum atomic E-state index is -0.372. The summed E-state index contributed by atoms with van der Waals surface area (Å²) < 4.78 is 13.7. The van der Waals surface area contributed by atoms with Gasteiger partial charge in [-0.1, -0.05) is 0 Å². The molecule has 2 rings (SSSR count). The van der Waals surface area contributed by atoms with E-state index in [1.807, 2.05) is 6.92 Å². The predicted octanol–water partition coefficient (Wildman–Crippen LogP) is 1.08. The van der Waals surface area contributed by atoms with Crippen LogP contribution in [0.25, 0.3) is 0 Å². The van der Waals surface area contributed by atoms with Crippen molar-refractivity contribution in [3.63, 3.8) is 0 Å². The fraction of sp³-hybridized carbons (Fsp3) is 0.417. The molecule has 1 aromatic rings. The average Bonchev–Trinajstić information content (AvgIpc) is 2.29. The van der Waals surface area contributed by atoms with Crippen molar-refractivity contribution in [3.05, 3.63) is 24.0 Å². The lowest BCUT2D eigenvalue weighted by atomic mass is 10.2. The minimum Gasteiger partial charge on any atom is -0.399 e. The Balaban J connectivity index is 2.16. The average molecular weight is 237 g/mol. The number of nitrogens with two attached hydrogens (primary N) is 1. The summed E-state index contributed by atoms with van der Waals surface area (Å²) in [5.74, 6) is -0.335. The highest BCUT2D eigenvalue weighted by Gasteiger charge is 2.24. The molecular weight excluding hydrogens is 221 g/mol. The number of hydrogen-bond acceptors (Lipinski definition) is 3. The molecule has 1 aliphatic heterocycles. The molecule has 0 atom stereocenters. The number of nitrogens with zero attached hydrogens (tertiary/aromatic N) is 2. The summed E-state index contributed by atoms with van der Waals surface area (Å²) in [6.45, 7) is 4.17. The lowest BCUT2D eigenvalue weighted by molar-refractivity contribution is -0.130. The molecule has 1 heterocycles. The van der Waals surface area contributed by atoms with E-state index in [-0.39, 0.29) is 18.3 Å². The molecule has 0 aromatic heterocycles. The van der Waals surface area contributed by atoms with Crippen LogP contribution in [0.1, 0.15) is 6.92 Å². The molecule has 1 saturated heterocycles. The number of carbonyl (C=O) groups is 1. The molecule has 1 amide bonds. The molecular formula is C12H16FN3O. The van der Waals surface area contributed by atoms with Gasteiger partial charge in [0.25, 0.3) is 0 Å². The second-order valence-electron chi connectivity index (χ2n) is 4.11. The third-order valence-electron chi connectivity index (χ3n) is 3.01. The van der Waals surface area contributed by atoms with Gasteiger partial charge in [-0.05, 0) is 25.1 Å². The Morgan fingerprint density at radius 3 is 2.76 bits per heavy atom. The van der Waals surface area contributed by atoms with Crippen LogP contribution in [0, 0.1) is 5.82 Å². The number of nitrogen functional groups attached to an aromatic ring is 1. The molecule has 0 bridgehead atoms. The van der Waals surface area contributed by atoms with Crippen LogP contribution >= 0.6 is 0 Å². The van der Waals surface area contributed by atoms with Gasteiger partial charge in [0, 0.05) is 25.3 Å². The first-order valence-corrected chi connectivity index (χ1v) is 5.69. The number of piperazine rings is 1. The van der Waals surface area contributed by atoms with Gasteiger partial charge in [0.2, 0.25) is 5.91 Å². The van der Waals surface area contributed by atoms with Crippen molar-refractivity contribution in [3.8, 4) is 0 Å². The van der Waals surface area contributed by atoms with Gasteiger partial charge in [-0.15, -0.1) is 0 Å². The zero-order chi connectivity index (χ0) is 12.4. The Morgan fingerprint density at radius 1 is 1.41 bits per heavy atom. The van der Waals surface area contributed by atoms with E-state index >= 15 is 0 Å². The Morgan fingerprint density at radius 2 is 2.18 bits per heavy atom. The van der Waals surface area contributed by atoms with E-state index in [1.165, 1.54) is 6.07 Å². The van der Waals surface area contributed by atoms with Crippen molar-refractivity contribution in [2.45, 2.75) is 6.92 Å². The molecule has 4 nitrogen and oxygen atoms in total. The van der Waals surface area contributed by atoms with E-state index in [1.54, 1.807) is 21.9 Å². The first-order chi connectivity index (χ1) is 8.11. The monoisotopic (exact) mass is 237 g/mol. The predicted molar refractivity (Wildman–Crippen MR) is 65.3 cm³/mol. The van der Waals surface area contributed by atoms with E-state index in [9.17, 15) is 9.18 Å². The highest BCUT2D eigenvalue weighted by molar-refractivity contribution is 5.83. The third-order valence-corrected chi connectivity index (χ3v) is 3.01. The van der Waals surface area contributed by atoms with Crippen molar-refractivity contribution in [2.24, 2.45) is 0 Å². The maximum Gasteiger partial charge on any atom is 0.242 e. The third kappa shape index (κ3) is 2.33. The van der Waals surface area contributed by atoms with Gasteiger partial charge in [-0.3, -0.25) is 4.79 Å². The van der Waals surface area contributed by atoms with E-state index in [2.05, 4.69) is 0 Å². The minimum absolute atomic E-state index is 0.0370. The van der Waals surface area contributed by atoms with E-state index in [0.717, 1.165) is 0 Å². The van der Waals surface area contributed by atoms with Crippen LogP contribution in [-0.2, 0) is 4.79 Å². The molecule has 1 aromatic carbocycles. The maximum atomic E-state index is 13.7. The number of carbonyl (C=O) groups excluding carboxylic acids is 1. The van der Waals surface area contributed by atoms with Crippen molar-refractivity contribution < 1.29 is 9.18 Å². The van der Waals surface area contributed by atoms with Crippen LogP contribution in [0.3, 0.4) is 0 Å². The van der Waals surface area contributed by atoms with Crippen LogP contribution in [-0.4, -0.2) is 37.0 Å². The molecule has 2 N–H and O–H groups in total. The molecule has 17 heavy (non-hydrogen) atoms. The standard InChI is InChI=1S/C12H16FN3O/c1-2-15-5-6-16(8-12(15)17)11-4-3-9(14)7-10(11)13/h3-4,7H,2,5-6,8,14H2,1H3. The number of anilines is 2. The molecule has 1 fully saturated rings. The summed E-state index contributed by atoms with van der Waals surface area (Å²) in [6.07, 6.45) is 0. The summed E-state index contributed by atoms with van der Waals surface area (Å²) in [7, 11) is 0. The molecule has 0 aliphatic carbocycles. The molecule has 5 heteroatoms. The number of halogens is 1. The number of hydrogen-bond donors (Lipinski definition) is 1. The lowest BCUT2D eigenvalue weighted by Gasteiger charge is -2.35. The number of amides is 1. The molecule has 0 radical (unpaired) electrons. The van der Waals surface area contributed by atoms with Gasteiger partial charge in [0.05, 0.1) is 12.2 Å². The van der Waals surface area contributed by atoms with Gasteiger partial charge in [0.15, 0.2) is 0 Å². The van der Waals surface area contributed by atoms with Crippen LogP contribution in [0.2, 0.25) is 0 Å². The van der Waals surface area contributed by atoms with Gasteiger partial charge < -0.3 is 15.5 Å². The zero-order valence-electron chi connectivity index (χ0n) is 9.82. The quantitative estimate of drug-likeness (QED) is 0.783. The van der Waals surface area contributed by atoms with E-state index in [4.69, 9.17) is 5.73 Å². The van der Waals surface area contributed by atoms with E-state index < -0.39 is 0 Å². The number of likely N-dealkylation sites (N-methyl/N-ethyl adjacent to an activating group) is 1. The highest BCUT2D eigenvalue weighted by Crippen LogP contribution is 2.22. The Hall–Kier alpha value is -1.78. The SMILES string of the molecule is CCN1CCN(c2ccc(N)cc2F)CC1=O. The largest absolute Gasteiger partial charge is 0.399 e. The molecule has 1 aliphatic rings. The second-order valence-corrected chi connectivity index (χ2v) is 4.11. The first-order valence-electron chi connectivity index (χ1n) is 5.69. The molecule has 92 valence electrons. The normalized spacial score (nSPS) is 16.5. The van der Waals surface area contributed by atoms with Crippen LogP contribution in [0.4, 0.5) is 15.8 Å². The summed E-state index contributed by atoms with van der Waals surface area (Å²) in [6, 6.07) is 4.56. The topological polar surface area (TPSA) is 49.6 Å². The lowest BCUT2D eigenvalue weighted by Crippen LogP contribution is -2.50. The Bertz CT molecular complexity index is 436. The number of benzene rings is 1.